The minimum absolute atomic E-state index is 0.0598. The highest BCUT2D eigenvalue weighted by Gasteiger charge is 2.38. The van der Waals surface area contributed by atoms with Crippen LogP contribution in [-0.2, 0) is 14.3 Å². The van der Waals surface area contributed by atoms with Gasteiger partial charge in [0.05, 0.1) is 0 Å². The van der Waals surface area contributed by atoms with Crippen molar-refractivity contribution in [2.75, 3.05) is 11.5 Å². The molecular formula is C18H27N3O4S. The first kappa shape index (κ1) is 19.2. The molecule has 2 heterocycles. The number of anilines is 1. The lowest BCUT2D eigenvalue weighted by atomic mass is 9.75. The third kappa shape index (κ3) is 4.23. The van der Waals surface area contributed by atoms with Gasteiger partial charge in [0, 0.05) is 11.9 Å². The maximum atomic E-state index is 12.6. The highest BCUT2D eigenvalue weighted by Crippen LogP contribution is 2.37. The summed E-state index contributed by atoms with van der Waals surface area (Å²) in [6.45, 7) is 6.56. The quantitative estimate of drug-likeness (QED) is 0.800. The average Bonchev–Trinajstić information content (AvgIpc) is 3.04. The smallest absolute Gasteiger partial charge is 0.351 e. The molecule has 0 amide bonds. The highest BCUT2D eigenvalue weighted by molar-refractivity contribution is 8.00. The van der Waals surface area contributed by atoms with Crippen LogP contribution in [0.1, 0.15) is 46.3 Å². The van der Waals surface area contributed by atoms with E-state index in [-0.39, 0.29) is 17.9 Å². The van der Waals surface area contributed by atoms with E-state index < -0.39 is 17.4 Å². The maximum absolute atomic E-state index is 12.6. The molecule has 7 nitrogen and oxygen atoms in total. The Morgan fingerprint density at radius 1 is 1.46 bits per heavy atom. The van der Waals surface area contributed by atoms with E-state index in [0.717, 1.165) is 12.8 Å². The Bertz CT molecular complexity index is 708. The molecule has 1 aromatic heterocycles. The Balaban J connectivity index is 1.63. The van der Waals surface area contributed by atoms with Gasteiger partial charge in [-0.15, -0.1) is 11.8 Å². The number of carbonyl (C=O) groups is 1. The zero-order valence-corrected chi connectivity index (χ0v) is 16.3. The van der Waals surface area contributed by atoms with Crippen LogP contribution in [0.3, 0.4) is 0 Å². The van der Waals surface area contributed by atoms with Crippen molar-refractivity contribution >= 4 is 23.5 Å². The molecule has 1 saturated carbocycles. The monoisotopic (exact) mass is 381 g/mol. The molecule has 3 rings (SSSR count). The van der Waals surface area contributed by atoms with Crippen molar-refractivity contribution in [3.8, 4) is 0 Å². The van der Waals surface area contributed by atoms with Crippen LogP contribution in [0.4, 0.5) is 5.82 Å². The Labute approximate surface area is 157 Å². The zero-order valence-electron chi connectivity index (χ0n) is 15.5. The van der Waals surface area contributed by atoms with E-state index in [9.17, 15) is 9.59 Å². The molecule has 144 valence electrons. The van der Waals surface area contributed by atoms with Crippen LogP contribution in [0.15, 0.2) is 17.1 Å². The summed E-state index contributed by atoms with van der Waals surface area (Å²) in [7, 11) is 0. The molecule has 0 spiro atoms. The molecule has 2 aliphatic rings. The lowest BCUT2D eigenvalue weighted by Gasteiger charge is -2.37. The summed E-state index contributed by atoms with van der Waals surface area (Å²) in [5.41, 5.74) is 4.32. The summed E-state index contributed by atoms with van der Waals surface area (Å²) < 4.78 is 13.0. The molecule has 2 fully saturated rings. The molecule has 0 unspecified atom stereocenters. The molecule has 5 atom stereocenters. The first-order valence-electron chi connectivity index (χ1n) is 9.17. The minimum Gasteiger partial charge on any atom is -0.459 e. The average molecular weight is 381 g/mol. The van der Waals surface area contributed by atoms with Gasteiger partial charge in [-0.1, -0.05) is 27.2 Å². The number of rotatable bonds is 4. The summed E-state index contributed by atoms with van der Waals surface area (Å²) in [5, 5.41) is 0. The van der Waals surface area contributed by atoms with Crippen LogP contribution in [-0.4, -0.2) is 32.8 Å². The standard InChI is InChI=1S/C18H27N3O4S/c1-10(2)12-5-4-11(3)8-13(12)24-16(22)17-25-15(9-26-17)21-7-6-14(19)20-18(21)23/h6-7,10-13,15,17H,4-5,8-9H2,1-3H3,(H2,19,20,23)/t11-,12+,13-,15-,17-/m1/s1. The second-order valence-electron chi connectivity index (χ2n) is 7.60. The van der Waals surface area contributed by atoms with Crippen molar-refractivity contribution in [1.29, 1.82) is 0 Å². The molecule has 26 heavy (non-hydrogen) atoms. The van der Waals surface area contributed by atoms with E-state index in [0.29, 0.717) is 23.5 Å². The Morgan fingerprint density at radius 3 is 2.92 bits per heavy atom. The third-order valence-corrected chi connectivity index (χ3v) is 6.34. The van der Waals surface area contributed by atoms with Gasteiger partial charge in [-0.05, 0) is 36.7 Å². The van der Waals surface area contributed by atoms with E-state index in [1.807, 2.05) is 0 Å². The second-order valence-corrected chi connectivity index (χ2v) is 8.69. The fraction of sp³-hybridized carbons (Fsp3) is 0.722. The van der Waals surface area contributed by atoms with E-state index in [4.69, 9.17) is 15.2 Å². The Morgan fingerprint density at radius 2 is 2.23 bits per heavy atom. The number of thioether (sulfide) groups is 1. The molecule has 0 aromatic carbocycles. The topological polar surface area (TPSA) is 96.4 Å². The highest BCUT2D eigenvalue weighted by atomic mass is 32.2. The van der Waals surface area contributed by atoms with Crippen molar-refractivity contribution in [2.45, 2.75) is 57.8 Å². The lowest BCUT2D eigenvalue weighted by Crippen LogP contribution is -2.38. The Kier molecular flexibility index (Phi) is 5.92. The number of esters is 1. The molecule has 8 heteroatoms. The second kappa shape index (κ2) is 8.00. The van der Waals surface area contributed by atoms with Gasteiger partial charge in [-0.3, -0.25) is 4.57 Å². The number of carbonyl (C=O) groups excluding carboxylic acids is 1. The largest absolute Gasteiger partial charge is 0.459 e. The lowest BCUT2D eigenvalue weighted by molar-refractivity contribution is -0.166. The van der Waals surface area contributed by atoms with Gasteiger partial charge >= 0.3 is 11.7 Å². The van der Waals surface area contributed by atoms with Crippen LogP contribution in [0.2, 0.25) is 0 Å². The summed E-state index contributed by atoms with van der Waals surface area (Å²) in [6.07, 6.45) is 4.11. The van der Waals surface area contributed by atoms with E-state index in [1.54, 1.807) is 6.20 Å². The molecule has 0 bridgehead atoms. The fourth-order valence-electron chi connectivity index (χ4n) is 3.76. The molecule has 1 aliphatic heterocycles. The van der Waals surface area contributed by atoms with Crippen LogP contribution in [0.5, 0.6) is 0 Å². The van der Waals surface area contributed by atoms with E-state index in [1.165, 1.54) is 28.8 Å². The van der Waals surface area contributed by atoms with Crippen molar-refractivity contribution < 1.29 is 14.3 Å². The predicted molar refractivity (Wildman–Crippen MR) is 101 cm³/mol. The van der Waals surface area contributed by atoms with Crippen molar-refractivity contribution in [2.24, 2.45) is 17.8 Å². The molecule has 2 N–H and O–H groups in total. The number of hydrogen-bond donors (Lipinski definition) is 1. The van der Waals surface area contributed by atoms with Crippen LogP contribution < -0.4 is 11.4 Å². The first-order chi connectivity index (χ1) is 12.3. The van der Waals surface area contributed by atoms with Gasteiger partial charge in [-0.25, -0.2) is 9.59 Å². The molecule has 1 saturated heterocycles. The van der Waals surface area contributed by atoms with Gasteiger partial charge in [0.1, 0.15) is 18.1 Å². The number of hydrogen-bond acceptors (Lipinski definition) is 7. The normalized spacial score (nSPS) is 31.9. The Hall–Kier alpha value is -1.54. The minimum atomic E-state index is -0.713. The molecular weight excluding hydrogens is 354 g/mol. The SMILES string of the molecule is CC(C)[C@@H]1CC[C@@H](C)C[C@H]1OC(=O)[C@@H]1O[C@@H](n2ccc(N)nc2=O)CS1. The number of nitrogens with zero attached hydrogens (tertiary/aromatic N) is 2. The van der Waals surface area contributed by atoms with Gasteiger partial charge in [0.2, 0.25) is 5.44 Å². The first-order valence-corrected chi connectivity index (χ1v) is 10.2. The van der Waals surface area contributed by atoms with E-state index >= 15 is 0 Å². The van der Waals surface area contributed by atoms with Gasteiger partial charge in [0.25, 0.3) is 0 Å². The molecule has 1 aromatic rings. The number of aromatic nitrogens is 2. The van der Waals surface area contributed by atoms with Crippen LogP contribution >= 0.6 is 11.8 Å². The van der Waals surface area contributed by atoms with Crippen LogP contribution in [0.25, 0.3) is 0 Å². The number of nitrogens with two attached hydrogens (primary N) is 1. The van der Waals surface area contributed by atoms with Crippen molar-refractivity contribution in [3.05, 3.63) is 22.7 Å². The summed E-state index contributed by atoms with van der Waals surface area (Å²) in [5.74, 6) is 1.73. The van der Waals surface area contributed by atoms with Gasteiger partial charge in [0.15, 0.2) is 0 Å². The predicted octanol–water partition coefficient (Wildman–Crippen LogP) is 2.42. The van der Waals surface area contributed by atoms with Gasteiger partial charge in [-0.2, -0.15) is 4.98 Å². The van der Waals surface area contributed by atoms with Gasteiger partial charge < -0.3 is 15.2 Å². The third-order valence-electron chi connectivity index (χ3n) is 5.25. The number of ether oxygens (including phenoxy) is 2. The van der Waals surface area contributed by atoms with Crippen molar-refractivity contribution in [3.63, 3.8) is 0 Å². The number of nitrogen functional groups attached to an aromatic ring is 1. The van der Waals surface area contributed by atoms with Crippen molar-refractivity contribution in [1.82, 2.24) is 9.55 Å². The molecule has 1 aliphatic carbocycles. The molecule has 0 radical (unpaired) electrons. The van der Waals surface area contributed by atoms with Crippen LogP contribution in [0, 0.1) is 17.8 Å². The maximum Gasteiger partial charge on any atom is 0.351 e. The van der Waals surface area contributed by atoms with E-state index in [2.05, 4.69) is 25.8 Å². The summed E-state index contributed by atoms with van der Waals surface area (Å²) >= 11 is 1.35. The zero-order chi connectivity index (χ0) is 18.8. The fourth-order valence-corrected chi connectivity index (χ4v) is 4.74. The summed E-state index contributed by atoms with van der Waals surface area (Å²) in [6, 6.07) is 1.54. The summed E-state index contributed by atoms with van der Waals surface area (Å²) in [4.78, 5) is 28.3.